The van der Waals surface area contributed by atoms with Crippen molar-refractivity contribution in [3.63, 3.8) is 0 Å². The minimum Gasteiger partial charge on any atom is -0.393 e. The maximum Gasteiger partial charge on any atom is 0.239 e. The van der Waals surface area contributed by atoms with Crippen LogP contribution >= 0.6 is 0 Å². The summed E-state index contributed by atoms with van der Waals surface area (Å²) in [5.41, 5.74) is 0. The van der Waals surface area contributed by atoms with Gasteiger partial charge < -0.3 is 9.63 Å². The van der Waals surface area contributed by atoms with E-state index in [0.29, 0.717) is 17.5 Å². The van der Waals surface area contributed by atoms with Crippen LogP contribution < -0.4 is 0 Å². The Balaban J connectivity index is 2.28. The summed E-state index contributed by atoms with van der Waals surface area (Å²) in [6, 6.07) is 0. The Morgan fingerprint density at radius 2 is 2.12 bits per heavy atom. The Kier molecular flexibility index (Phi) is 3.19. The van der Waals surface area contributed by atoms with Gasteiger partial charge in [-0.15, -0.1) is 0 Å². The Bertz CT molecular complexity index is 455. The lowest BCUT2D eigenvalue weighted by molar-refractivity contribution is 0.120. The third-order valence-corrected chi connectivity index (χ3v) is 2.59. The first-order valence-electron chi connectivity index (χ1n) is 5.47. The van der Waals surface area contributed by atoms with Crippen LogP contribution in [0.3, 0.4) is 0 Å². The number of hydrogen-bond acceptors (Lipinski definition) is 6. The van der Waals surface area contributed by atoms with Crippen molar-refractivity contribution in [1.29, 1.82) is 0 Å². The van der Waals surface area contributed by atoms with Gasteiger partial charge in [0.1, 0.15) is 6.33 Å². The molecule has 17 heavy (non-hydrogen) atoms. The van der Waals surface area contributed by atoms with Crippen molar-refractivity contribution in [2.75, 3.05) is 0 Å². The van der Waals surface area contributed by atoms with E-state index in [2.05, 4.69) is 25.3 Å². The van der Waals surface area contributed by atoms with Gasteiger partial charge in [-0.05, 0) is 12.8 Å². The number of aliphatic hydroxyl groups is 1. The quantitative estimate of drug-likeness (QED) is 0.821. The molecule has 7 heteroatoms. The Hall–Kier alpha value is -1.76. The van der Waals surface area contributed by atoms with E-state index in [1.807, 2.05) is 13.8 Å². The summed E-state index contributed by atoms with van der Waals surface area (Å²) in [6.07, 6.45) is 0.831. The van der Waals surface area contributed by atoms with Crippen LogP contribution in [0.1, 0.15) is 32.6 Å². The summed E-state index contributed by atoms with van der Waals surface area (Å²) in [4.78, 5) is 8.16. The molecule has 2 N–H and O–H groups in total. The number of aromatic amines is 1. The van der Waals surface area contributed by atoms with Gasteiger partial charge in [0.2, 0.25) is 11.7 Å². The van der Waals surface area contributed by atoms with E-state index in [4.69, 9.17) is 4.52 Å². The summed E-state index contributed by atoms with van der Waals surface area (Å²) in [5, 5.41) is 19.9. The SMILES string of the molecule is CC(C)C(c1nc(-c2ncn[nH]2)no1)C(C)O. The molecule has 0 aliphatic carbocycles. The number of rotatable bonds is 4. The van der Waals surface area contributed by atoms with Crippen LogP contribution in [0.15, 0.2) is 10.9 Å². The maximum absolute atomic E-state index is 9.71. The first-order chi connectivity index (χ1) is 8.09. The van der Waals surface area contributed by atoms with Crippen LogP contribution in [0.5, 0.6) is 0 Å². The number of aliphatic hydroxyl groups excluding tert-OH is 1. The van der Waals surface area contributed by atoms with Crippen molar-refractivity contribution in [2.45, 2.75) is 32.8 Å². The van der Waals surface area contributed by atoms with Crippen LogP contribution in [0.25, 0.3) is 11.6 Å². The van der Waals surface area contributed by atoms with Gasteiger partial charge in [-0.2, -0.15) is 10.1 Å². The van der Waals surface area contributed by atoms with Crippen LogP contribution in [0.4, 0.5) is 0 Å². The van der Waals surface area contributed by atoms with Gasteiger partial charge in [0.15, 0.2) is 5.82 Å². The number of hydrogen-bond donors (Lipinski definition) is 2. The molecule has 2 unspecified atom stereocenters. The fourth-order valence-electron chi connectivity index (χ4n) is 1.83. The first-order valence-corrected chi connectivity index (χ1v) is 5.47. The molecule has 0 aliphatic rings. The van der Waals surface area contributed by atoms with Gasteiger partial charge in [-0.25, -0.2) is 4.98 Å². The molecule has 0 saturated carbocycles. The molecular weight excluding hydrogens is 222 g/mol. The molecule has 0 aromatic carbocycles. The third kappa shape index (κ3) is 2.33. The van der Waals surface area contributed by atoms with Crippen molar-refractivity contribution >= 4 is 0 Å². The first kappa shape index (κ1) is 11.7. The van der Waals surface area contributed by atoms with E-state index in [0.717, 1.165) is 0 Å². The summed E-state index contributed by atoms with van der Waals surface area (Å²) in [7, 11) is 0. The zero-order chi connectivity index (χ0) is 12.4. The molecule has 0 bridgehead atoms. The molecule has 0 saturated heterocycles. The maximum atomic E-state index is 9.71. The average molecular weight is 237 g/mol. The number of nitrogens with one attached hydrogen (secondary N) is 1. The lowest BCUT2D eigenvalue weighted by Crippen LogP contribution is -2.20. The molecular formula is C10H15N5O2. The Morgan fingerprint density at radius 1 is 1.35 bits per heavy atom. The van der Waals surface area contributed by atoms with Crippen LogP contribution in [-0.2, 0) is 0 Å². The normalized spacial score (nSPS) is 15.1. The second kappa shape index (κ2) is 4.62. The molecule has 2 aromatic heterocycles. The molecule has 92 valence electrons. The second-order valence-corrected chi connectivity index (χ2v) is 4.30. The molecule has 0 aliphatic heterocycles. The van der Waals surface area contributed by atoms with Crippen molar-refractivity contribution in [2.24, 2.45) is 5.92 Å². The van der Waals surface area contributed by atoms with Crippen LogP contribution in [0.2, 0.25) is 0 Å². The Morgan fingerprint density at radius 3 is 2.65 bits per heavy atom. The molecule has 7 nitrogen and oxygen atoms in total. The van der Waals surface area contributed by atoms with Crippen LogP contribution in [0, 0.1) is 5.92 Å². The third-order valence-electron chi connectivity index (χ3n) is 2.59. The summed E-state index contributed by atoms with van der Waals surface area (Å²) < 4.78 is 5.16. The van der Waals surface area contributed by atoms with E-state index < -0.39 is 6.10 Å². The monoisotopic (exact) mass is 237 g/mol. The van der Waals surface area contributed by atoms with Crippen LogP contribution in [-0.4, -0.2) is 36.5 Å². The van der Waals surface area contributed by atoms with Gasteiger partial charge in [0.25, 0.3) is 0 Å². The molecule has 2 atom stereocenters. The highest BCUT2D eigenvalue weighted by Crippen LogP contribution is 2.27. The number of nitrogens with zero attached hydrogens (tertiary/aromatic N) is 4. The van der Waals surface area contributed by atoms with Crippen molar-refractivity contribution in [3.05, 3.63) is 12.2 Å². The fourth-order valence-corrected chi connectivity index (χ4v) is 1.83. The standard InChI is InChI=1S/C10H15N5O2/c1-5(2)7(6(3)16)10-13-9(15-17-10)8-11-4-12-14-8/h4-7,16H,1-3H3,(H,11,12,14). The van der Waals surface area contributed by atoms with Gasteiger partial charge >= 0.3 is 0 Å². The molecule has 0 fully saturated rings. The lowest BCUT2D eigenvalue weighted by Gasteiger charge is -2.19. The van der Waals surface area contributed by atoms with E-state index in [1.165, 1.54) is 6.33 Å². The largest absolute Gasteiger partial charge is 0.393 e. The van der Waals surface area contributed by atoms with Gasteiger partial charge in [0, 0.05) is 0 Å². The predicted octanol–water partition coefficient (Wildman–Crippen LogP) is 0.975. The zero-order valence-corrected chi connectivity index (χ0v) is 9.95. The molecule has 0 spiro atoms. The van der Waals surface area contributed by atoms with E-state index in [1.54, 1.807) is 6.92 Å². The average Bonchev–Trinajstić information content (AvgIpc) is 2.83. The smallest absolute Gasteiger partial charge is 0.239 e. The zero-order valence-electron chi connectivity index (χ0n) is 9.95. The fraction of sp³-hybridized carbons (Fsp3) is 0.600. The Labute approximate surface area is 98.3 Å². The lowest BCUT2D eigenvalue weighted by atomic mass is 9.91. The van der Waals surface area contributed by atoms with E-state index in [-0.39, 0.29) is 11.8 Å². The van der Waals surface area contributed by atoms with Crippen molar-refractivity contribution in [3.8, 4) is 11.6 Å². The van der Waals surface area contributed by atoms with E-state index >= 15 is 0 Å². The summed E-state index contributed by atoms with van der Waals surface area (Å²) in [5.74, 6) is 1.25. The number of aromatic nitrogens is 5. The molecule has 2 aromatic rings. The van der Waals surface area contributed by atoms with Crippen molar-refractivity contribution in [1.82, 2.24) is 25.3 Å². The van der Waals surface area contributed by atoms with Gasteiger partial charge in [-0.1, -0.05) is 19.0 Å². The predicted molar refractivity (Wildman–Crippen MR) is 58.9 cm³/mol. The minimum absolute atomic E-state index is 0.181. The topological polar surface area (TPSA) is 101 Å². The molecule has 0 amide bonds. The molecule has 2 heterocycles. The second-order valence-electron chi connectivity index (χ2n) is 4.30. The minimum atomic E-state index is -0.543. The molecule has 0 radical (unpaired) electrons. The van der Waals surface area contributed by atoms with E-state index in [9.17, 15) is 5.11 Å². The molecule has 2 rings (SSSR count). The number of H-pyrrole nitrogens is 1. The summed E-state index contributed by atoms with van der Waals surface area (Å²) in [6.45, 7) is 5.70. The van der Waals surface area contributed by atoms with Gasteiger partial charge in [0.05, 0.1) is 12.0 Å². The summed E-state index contributed by atoms with van der Waals surface area (Å²) >= 11 is 0. The van der Waals surface area contributed by atoms with Crippen molar-refractivity contribution < 1.29 is 9.63 Å². The highest BCUT2D eigenvalue weighted by atomic mass is 16.5. The highest BCUT2D eigenvalue weighted by Gasteiger charge is 2.27. The van der Waals surface area contributed by atoms with Gasteiger partial charge in [-0.3, -0.25) is 5.10 Å². The highest BCUT2D eigenvalue weighted by molar-refractivity contribution is 5.39.